The normalized spacial score (nSPS) is 12.3. The van der Waals surface area contributed by atoms with Crippen molar-refractivity contribution >= 4 is 39.1 Å². The number of urea groups is 1. The van der Waals surface area contributed by atoms with E-state index in [0.717, 1.165) is 11.1 Å². The quantitative estimate of drug-likeness (QED) is 0.314. The fraction of sp³-hybridized carbons (Fsp3) is 0.333. The molecule has 0 heterocycles. The smallest absolute Gasteiger partial charge is 0.333 e. The van der Waals surface area contributed by atoms with Gasteiger partial charge in [-0.3, -0.25) is 0 Å². The highest BCUT2D eigenvalue weighted by Crippen LogP contribution is 2.32. The standard InChI is InChI=1S/C21H26ClN3O4S/c1-12(2)16-7-6-8-17(13(3)4)20(16)23-21(26)25-30(28,29)19-11-15(14(5)24-27)9-10-18(19)22/h6-13,27H,1-5H3,(H2,23,25,26)/b24-14+. The lowest BCUT2D eigenvalue weighted by molar-refractivity contribution is 0.256. The van der Waals surface area contributed by atoms with Crippen molar-refractivity contribution in [2.24, 2.45) is 5.16 Å². The summed E-state index contributed by atoms with van der Waals surface area (Å²) in [6.07, 6.45) is 0. The topological polar surface area (TPSA) is 108 Å². The molecule has 2 aromatic carbocycles. The third-order valence-electron chi connectivity index (χ3n) is 4.63. The van der Waals surface area contributed by atoms with Crippen LogP contribution in [0.2, 0.25) is 5.02 Å². The largest absolute Gasteiger partial charge is 0.411 e. The SMILES string of the molecule is C/C(=N\O)c1ccc(Cl)c(S(=O)(=O)NC(=O)Nc2c(C(C)C)cccc2C(C)C)c1. The first-order valence-electron chi connectivity index (χ1n) is 9.43. The maximum Gasteiger partial charge on any atom is 0.333 e. The molecule has 2 aromatic rings. The van der Waals surface area contributed by atoms with Gasteiger partial charge in [-0.15, -0.1) is 0 Å². The minimum atomic E-state index is -4.27. The molecular weight excluding hydrogens is 426 g/mol. The number of rotatable bonds is 6. The average Bonchev–Trinajstić information content (AvgIpc) is 2.66. The molecular formula is C21H26ClN3O4S. The third kappa shape index (κ3) is 5.31. The minimum absolute atomic E-state index is 0.0600. The number of halogens is 1. The number of nitrogens with zero attached hydrogens (tertiary/aromatic N) is 1. The summed E-state index contributed by atoms with van der Waals surface area (Å²) in [7, 11) is -4.27. The summed E-state index contributed by atoms with van der Waals surface area (Å²) in [6, 6.07) is 8.96. The van der Waals surface area contributed by atoms with Gasteiger partial charge in [0, 0.05) is 11.3 Å². The van der Waals surface area contributed by atoms with Gasteiger partial charge >= 0.3 is 6.03 Å². The predicted molar refractivity (Wildman–Crippen MR) is 119 cm³/mol. The van der Waals surface area contributed by atoms with Crippen molar-refractivity contribution in [2.45, 2.75) is 51.3 Å². The van der Waals surface area contributed by atoms with E-state index in [4.69, 9.17) is 16.8 Å². The van der Waals surface area contributed by atoms with Gasteiger partial charge in [-0.25, -0.2) is 17.9 Å². The van der Waals surface area contributed by atoms with Gasteiger partial charge in [-0.2, -0.15) is 0 Å². The van der Waals surface area contributed by atoms with E-state index < -0.39 is 16.1 Å². The lowest BCUT2D eigenvalue weighted by Crippen LogP contribution is -2.35. The van der Waals surface area contributed by atoms with Crippen molar-refractivity contribution in [1.29, 1.82) is 0 Å². The van der Waals surface area contributed by atoms with Crippen molar-refractivity contribution in [3.8, 4) is 0 Å². The van der Waals surface area contributed by atoms with Crippen LogP contribution in [0.25, 0.3) is 0 Å². The van der Waals surface area contributed by atoms with Crippen LogP contribution in [0.5, 0.6) is 0 Å². The van der Waals surface area contributed by atoms with E-state index in [-0.39, 0.29) is 27.5 Å². The summed E-state index contributed by atoms with van der Waals surface area (Å²) >= 11 is 6.05. The average molecular weight is 452 g/mol. The summed E-state index contributed by atoms with van der Waals surface area (Å²) in [5.74, 6) is 0.255. The van der Waals surface area contributed by atoms with E-state index >= 15 is 0 Å². The second-order valence-corrected chi connectivity index (χ2v) is 9.57. The Bertz CT molecular complexity index is 1050. The molecule has 0 aliphatic heterocycles. The van der Waals surface area contributed by atoms with E-state index in [1.165, 1.54) is 25.1 Å². The van der Waals surface area contributed by atoms with E-state index in [1.807, 2.05) is 50.6 Å². The summed E-state index contributed by atoms with van der Waals surface area (Å²) in [5.41, 5.74) is 2.97. The van der Waals surface area contributed by atoms with Crippen molar-refractivity contribution in [3.05, 3.63) is 58.1 Å². The Kier molecular flexibility index (Phi) is 7.49. The molecule has 2 amide bonds. The Morgan fingerprint density at radius 1 is 1.07 bits per heavy atom. The van der Waals surface area contributed by atoms with Crippen molar-refractivity contribution in [2.75, 3.05) is 5.32 Å². The van der Waals surface area contributed by atoms with E-state index in [9.17, 15) is 13.2 Å². The Balaban J connectivity index is 2.38. The molecule has 0 saturated carbocycles. The zero-order valence-corrected chi connectivity index (χ0v) is 19.1. The van der Waals surface area contributed by atoms with Crippen LogP contribution in [0.3, 0.4) is 0 Å². The summed E-state index contributed by atoms with van der Waals surface area (Å²) in [4.78, 5) is 12.3. The number of benzene rings is 2. The Hall–Kier alpha value is -2.58. The van der Waals surface area contributed by atoms with Crippen LogP contribution in [-0.2, 0) is 10.0 Å². The first-order chi connectivity index (χ1) is 14.0. The number of sulfonamides is 1. The highest BCUT2D eigenvalue weighted by molar-refractivity contribution is 7.90. The predicted octanol–water partition coefficient (Wildman–Crippen LogP) is 5.30. The number of amides is 2. The molecule has 0 unspecified atom stereocenters. The van der Waals surface area contributed by atoms with Gasteiger partial charge in [-0.1, -0.05) is 68.7 Å². The van der Waals surface area contributed by atoms with Gasteiger partial charge in [0.05, 0.1) is 10.7 Å². The number of para-hydroxylation sites is 1. The minimum Gasteiger partial charge on any atom is -0.411 e. The first kappa shape index (κ1) is 23.7. The monoisotopic (exact) mass is 451 g/mol. The van der Waals surface area contributed by atoms with Crippen LogP contribution in [0.15, 0.2) is 46.4 Å². The fourth-order valence-corrected chi connectivity index (χ4v) is 4.44. The van der Waals surface area contributed by atoms with Gasteiger partial charge in [-0.05, 0) is 42.0 Å². The highest BCUT2D eigenvalue weighted by Gasteiger charge is 2.23. The molecule has 3 N–H and O–H groups in total. The molecule has 2 rings (SSSR count). The van der Waals surface area contributed by atoms with E-state index in [2.05, 4.69) is 10.5 Å². The molecule has 0 spiro atoms. The number of oxime groups is 1. The van der Waals surface area contributed by atoms with Crippen LogP contribution < -0.4 is 10.0 Å². The van der Waals surface area contributed by atoms with Crippen molar-refractivity contribution < 1.29 is 18.4 Å². The maximum absolute atomic E-state index is 12.8. The van der Waals surface area contributed by atoms with Crippen LogP contribution in [0.4, 0.5) is 10.5 Å². The number of hydrogen-bond acceptors (Lipinski definition) is 5. The summed E-state index contributed by atoms with van der Waals surface area (Å²) in [5, 5.41) is 14.6. The van der Waals surface area contributed by atoms with Crippen LogP contribution in [0.1, 0.15) is 63.1 Å². The number of carbonyl (C=O) groups is 1. The zero-order chi connectivity index (χ0) is 22.6. The lowest BCUT2D eigenvalue weighted by Gasteiger charge is -2.20. The molecule has 30 heavy (non-hydrogen) atoms. The van der Waals surface area contributed by atoms with Gasteiger partial charge < -0.3 is 10.5 Å². The Morgan fingerprint density at radius 3 is 2.13 bits per heavy atom. The molecule has 0 aliphatic carbocycles. The number of anilines is 1. The van der Waals surface area contributed by atoms with Crippen LogP contribution in [-0.4, -0.2) is 25.4 Å². The lowest BCUT2D eigenvalue weighted by atomic mass is 9.93. The maximum atomic E-state index is 12.8. The highest BCUT2D eigenvalue weighted by atomic mass is 35.5. The van der Waals surface area contributed by atoms with E-state index in [1.54, 1.807) is 0 Å². The van der Waals surface area contributed by atoms with Gasteiger partial charge in [0.1, 0.15) is 4.90 Å². The molecule has 0 saturated heterocycles. The molecule has 0 fully saturated rings. The third-order valence-corrected chi connectivity index (χ3v) is 6.44. The van der Waals surface area contributed by atoms with Crippen LogP contribution >= 0.6 is 11.6 Å². The van der Waals surface area contributed by atoms with Crippen molar-refractivity contribution in [1.82, 2.24) is 4.72 Å². The molecule has 0 aromatic heterocycles. The number of carbonyl (C=O) groups excluding carboxylic acids is 1. The fourth-order valence-electron chi connectivity index (χ4n) is 3.00. The second-order valence-electron chi connectivity index (χ2n) is 7.51. The Morgan fingerprint density at radius 2 is 1.63 bits per heavy atom. The van der Waals surface area contributed by atoms with E-state index in [0.29, 0.717) is 11.3 Å². The number of hydrogen-bond donors (Lipinski definition) is 3. The van der Waals surface area contributed by atoms with Gasteiger partial charge in [0.2, 0.25) is 0 Å². The number of nitrogens with one attached hydrogen (secondary N) is 2. The molecule has 0 bridgehead atoms. The Labute approximate surface area is 182 Å². The second kappa shape index (κ2) is 9.49. The molecule has 0 atom stereocenters. The molecule has 162 valence electrons. The van der Waals surface area contributed by atoms with Crippen molar-refractivity contribution in [3.63, 3.8) is 0 Å². The molecule has 7 nitrogen and oxygen atoms in total. The summed E-state index contributed by atoms with van der Waals surface area (Å²) < 4.78 is 27.6. The molecule has 0 aliphatic rings. The van der Waals surface area contributed by atoms with Gasteiger partial charge in [0.25, 0.3) is 10.0 Å². The summed E-state index contributed by atoms with van der Waals surface area (Å²) in [6.45, 7) is 9.49. The van der Waals surface area contributed by atoms with Crippen LogP contribution in [0, 0.1) is 0 Å². The molecule has 0 radical (unpaired) electrons. The first-order valence-corrected chi connectivity index (χ1v) is 11.3. The van der Waals surface area contributed by atoms with Gasteiger partial charge in [0.15, 0.2) is 0 Å². The molecule has 9 heteroatoms. The zero-order valence-electron chi connectivity index (χ0n) is 17.5.